The number of rotatable bonds is 5. The van der Waals surface area contributed by atoms with Gasteiger partial charge in [0.25, 0.3) is 0 Å². The van der Waals surface area contributed by atoms with Crippen molar-refractivity contribution in [3.05, 3.63) is 70.8 Å². The molecule has 0 spiro atoms. The molecule has 4 rings (SSSR count). The van der Waals surface area contributed by atoms with Crippen molar-refractivity contribution >= 4 is 38.9 Å². The van der Waals surface area contributed by atoms with Crippen molar-refractivity contribution < 1.29 is 23.0 Å². The first-order valence-corrected chi connectivity index (χ1v) is 13.2. The molecule has 0 bridgehead atoms. The van der Waals surface area contributed by atoms with E-state index in [4.69, 9.17) is 9.47 Å². The van der Waals surface area contributed by atoms with Crippen molar-refractivity contribution in [2.75, 3.05) is 38.0 Å². The molecule has 1 fully saturated rings. The van der Waals surface area contributed by atoms with Gasteiger partial charge in [-0.15, -0.1) is 0 Å². The molecule has 2 aliphatic rings. The van der Waals surface area contributed by atoms with E-state index < -0.39 is 15.6 Å². The predicted molar refractivity (Wildman–Crippen MR) is 133 cm³/mol. The number of amidine groups is 1. The Morgan fingerprint density at radius 2 is 1.42 bits per heavy atom. The van der Waals surface area contributed by atoms with Gasteiger partial charge in [-0.05, 0) is 47.5 Å². The summed E-state index contributed by atoms with van der Waals surface area (Å²) >= 11 is 1.50. The third-order valence-corrected chi connectivity index (χ3v) is 7.86. The fourth-order valence-corrected chi connectivity index (χ4v) is 6.17. The lowest BCUT2D eigenvalue weighted by molar-refractivity contribution is 0.103. The van der Waals surface area contributed by atoms with Crippen LogP contribution in [0.1, 0.15) is 11.1 Å². The van der Waals surface area contributed by atoms with Crippen molar-refractivity contribution in [1.82, 2.24) is 5.32 Å². The average Bonchev–Trinajstić information content (AvgIpc) is 3.31. The van der Waals surface area contributed by atoms with Crippen LogP contribution in [0.25, 0.3) is 12.2 Å². The molecule has 0 saturated carbocycles. The van der Waals surface area contributed by atoms with E-state index in [0.29, 0.717) is 34.4 Å². The van der Waals surface area contributed by atoms with Gasteiger partial charge in [0.05, 0.1) is 32.3 Å². The first kappa shape index (κ1) is 23.4. The van der Waals surface area contributed by atoms with Crippen molar-refractivity contribution in [1.29, 1.82) is 0 Å². The second-order valence-electron chi connectivity index (χ2n) is 7.79. The molecule has 0 amide bonds. The van der Waals surface area contributed by atoms with Gasteiger partial charge in [-0.2, -0.15) is 0 Å². The Balaban J connectivity index is 1.81. The molecule has 7 nitrogen and oxygen atoms in total. The topological polar surface area (TPSA) is 97.2 Å². The van der Waals surface area contributed by atoms with Gasteiger partial charge in [-0.25, -0.2) is 8.42 Å². The second-order valence-corrected chi connectivity index (χ2v) is 10.9. The van der Waals surface area contributed by atoms with Crippen LogP contribution in [0.3, 0.4) is 0 Å². The van der Waals surface area contributed by atoms with E-state index in [9.17, 15) is 13.5 Å². The molecule has 1 saturated heterocycles. The molecule has 0 aliphatic carbocycles. The summed E-state index contributed by atoms with van der Waals surface area (Å²) in [5, 5.41) is 15.7. The third kappa shape index (κ3) is 5.43. The Kier molecular flexibility index (Phi) is 6.83. The molecule has 0 unspecified atom stereocenters. The Morgan fingerprint density at radius 3 is 1.82 bits per heavy atom. The Labute approximate surface area is 198 Å². The maximum absolute atomic E-state index is 12.9. The molecule has 33 heavy (non-hydrogen) atoms. The van der Waals surface area contributed by atoms with Crippen LogP contribution in [0.15, 0.2) is 64.7 Å². The van der Waals surface area contributed by atoms with Gasteiger partial charge in [0, 0.05) is 16.9 Å². The van der Waals surface area contributed by atoms with E-state index >= 15 is 0 Å². The van der Waals surface area contributed by atoms with E-state index in [1.54, 1.807) is 50.6 Å². The number of nitrogens with zero attached hydrogens (tertiary/aromatic N) is 1. The first-order chi connectivity index (χ1) is 15.8. The first-order valence-electron chi connectivity index (χ1n) is 10.4. The van der Waals surface area contributed by atoms with Gasteiger partial charge in [0.2, 0.25) is 0 Å². The summed E-state index contributed by atoms with van der Waals surface area (Å²) in [7, 11) is -0.317. The minimum Gasteiger partial charge on any atom is -0.497 e. The number of ether oxygens (including phenoxy) is 2. The highest BCUT2D eigenvalue weighted by Gasteiger charge is 2.45. The zero-order chi connectivity index (χ0) is 23.5. The van der Waals surface area contributed by atoms with Gasteiger partial charge < -0.3 is 19.9 Å². The highest BCUT2D eigenvalue weighted by molar-refractivity contribution is 8.14. The number of hydrogen-bond donors (Lipinski definition) is 2. The van der Waals surface area contributed by atoms with Crippen molar-refractivity contribution in [2.24, 2.45) is 4.99 Å². The number of methoxy groups -OCH3 is 2. The number of aliphatic imine (C=N–C) groups is 1. The van der Waals surface area contributed by atoms with Gasteiger partial charge in [-0.3, -0.25) is 4.99 Å². The van der Waals surface area contributed by atoms with Gasteiger partial charge >= 0.3 is 0 Å². The molecule has 9 heteroatoms. The standard InChI is InChI=1S/C24H26N2O5S2/c1-30-21-7-3-17(4-8-21)13-19-15-33(28,29)16-20(14-18-5-9-22(31-2)10-6-18)24(19,27)26-23-25-11-12-32-23/h3-10,13-14,27H,11-12,15-16H2,1-2H3,(H,25,26). The smallest absolute Gasteiger partial charge is 0.184 e. The Bertz CT molecular complexity index is 1130. The summed E-state index contributed by atoms with van der Waals surface area (Å²) in [6.45, 7) is 0.649. The summed E-state index contributed by atoms with van der Waals surface area (Å²) in [5.74, 6) is 1.67. The van der Waals surface area contributed by atoms with E-state index in [-0.39, 0.29) is 11.5 Å². The normalized spacial score (nSPS) is 24.5. The molecule has 0 radical (unpaired) electrons. The van der Waals surface area contributed by atoms with Gasteiger partial charge in [0.15, 0.2) is 20.7 Å². The van der Waals surface area contributed by atoms with Crippen molar-refractivity contribution in [3.8, 4) is 11.5 Å². The zero-order valence-corrected chi connectivity index (χ0v) is 20.1. The number of hydrogen-bond acceptors (Lipinski definition) is 8. The highest BCUT2D eigenvalue weighted by Crippen LogP contribution is 2.35. The second kappa shape index (κ2) is 9.62. The van der Waals surface area contributed by atoms with Crippen LogP contribution < -0.4 is 14.8 Å². The maximum Gasteiger partial charge on any atom is 0.184 e. The molecule has 2 N–H and O–H groups in total. The molecule has 2 heterocycles. The highest BCUT2D eigenvalue weighted by atomic mass is 32.2. The molecule has 0 atom stereocenters. The predicted octanol–water partition coefficient (Wildman–Crippen LogP) is 2.98. The van der Waals surface area contributed by atoms with E-state index in [0.717, 1.165) is 16.9 Å². The third-order valence-electron chi connectivity index (χ3n) is 5.47. The summed E-state index contributed by atoms with van der Waals surface area (Å²) in [5.41, 5.74) is 0.505. The SMILES string of the molecule is COc1ccc(C=C2CS(=O)(=O)CC(=Cc3ccc(OC)cc3)C2(O)NC2=NCCS2)cc1. The number of aliphatic hydroxyl groups is 1. The van der Waals surface area contributed by atoms with Crippen LogP contribution in [0, 0.1) is 0 Å². The van der Waals surface area contributed by atoms with Crippen LogP contribution in [-0.4, -0.2) is 62.4 Å². The molecular weight excluding hydrogens is 460 g/mol. The van der Waals surface area contributed by atoms with Crippen molar-refractivity contribution in [2.45, 2.75) is 5.72 Å². The summed E-state index contributed by atoms with van der Waals surface area (Å²) in [6.07, 6.45) is 3.43. The molecular formula is C24H26N2O5S2. The maximum atomic E-state index is 12.9. The number of nitrogens with one attached hydrogen (secondary N) is 1. The lowest BCUT2D eigenvalue weighted by Crippen LogP contribution is -2.55. The molecule has 2 aromatic rings. The average molecular weight is 487 g/mol. The fourth-order valence-electron chi connectivity index (χ4n) is 3.76. The number of thioether (sulfide) groups is 1. The summed E-state index contributed by atoms with van der Waals surface area (Å²) in [6, 6.07) is 14.5. The Morgan fingerprint density at radius 1 is 0.939 bits per heavy atom. The fraction of sp³-hybridized carbons (Fsp3) is 0.292. The number of benzene rings is 2. The van der Waals surface area contributed by atoms with Crippen LogP contribution in [0.4, 0.5) is 0 Å². The molecule has 2 aromatic carbocycles. The monoisotopic (exact) mass is 486 g/mol. The van der Waals surface area contributed by atoms with E-state index in [1.165, 1.54) is 11.8 Å². The minimum atomic E-state index is -3.48. The molecule has 0 aromatic heterocycles. The summed E-state index contributed by atoms with van der Waals surface area (Å²) in [4.78, 5) is 4.41. The number of sulfone groups is 1. The van der Waals surface area contributed by atoms with E-state index in [1.807, 2.05) is 24.3 Å². The largest absolute Gasteiger partial charge is 0.497 e. The minimum absolute atomic E-state index is 0.263. The zero-order valence-electron chi connectivity index (χ0n) is 18.4. The quantitative estimate of drug-likeness (QED) is 0.627. The molecule has 2 aliphatic heterocycles. The van der Waals surface area contributed by atoms with Crippen LogP contribution in [0.5, 0.6) is 11.5 Å². The van der Waals surface area contributed by atoms with Crippen LogP contribution in [0.2, 0.25) is 0 Å². The van der Waals surface area contributed by atoms with Crippen LogP contribution in [-0.2, 0) is 9.84 Å². The summed E-state index contributed by atoms with van der Waals surface area (Å²) < 4.78 is 36.2. The lowest BCUT2D eigenvalue weighted by atomic mass is 9.92. The van der Waals surface area contributed by atoms with Crippen molar-refractivity contribution in [3.63, 3.8) is 0 Å². The van der Waals surface area contributed by atoms with E-state index in [2.05, 4.69) is 10.3 Å². The van der Waals surface area contributed by atoms with Crippen LogP contribution >= 0.6 is 11.8 Å². The van der Waals surface area contributed by atoms with Gasteiger partial charge in [-0.1, -0.05) is 36.0 Å². The Hall–Kier alpha value is -2.75. The van der Waals surface area contributed by atoms with Gasteiger partial charge in [0.1, 0.15) is 11.5 Å². The lowest BCUT2D eigenvalue weighted by Gasteiger charge is -2.38. The molecule has 174 valence electrons.